The molecule has 0 bridgehead atoms. The molecule has 0 spiro atoms. The third kappa shape index (κ3) is 6.71. The molecule has 1 aliphatic heterocycles. The summed E-state index contributed by atoms with van der Waals surface area (Å²) >= 11 is 0. The zero-order chi connectivity index (χ0) is 32.1. The number of likely N-dealkylation sites (N-methyl/N-ethyl adjacent to an activating group) is 1. The van der Waals surface area contributed by atoms with Gasteiger partial charge in [-0.05, 0) is 61.0 Å². The Morgan fingerprint density at radius 1 is 1.07 bits per heavy atom. The first-order chi connectivity index (χ1) is 21.7. The molecule has 234 valence electrons. The quantitative estimate of drug-likeness (QED) is 0.195. The molecule has 1 fully saturated rings. The van der Waals surface area contributed by atoms with Gasteiger partial charge < -0.3 is 24.7 Å². The lowest BCUT2D eigenvalue weighted by Crippen LogP contribution is -2.48. The molecule has 12 heteroatoms. The van der Waals surface area contributed by atoms with Gasteiger partial charge in [0, 0.05) is 55.1 Å². The van der Waals surface area contributed by atoms with Crippen LogP contribution in [0, 0.1) is 11.3 Å². The van der Waals surface area contributed by atoms with Crippen LogP contribution in [0.2, 0.25) is 0 Å². The van der Waals surface area contributed by atoms with Gasteiger partial charge in [-0.25, -0.2) is 13.4 Å². The molecule has 0 radical (unpaired) electrons. The number of rotatable bonds is 10. The summed E-state index contributed by atoms with van der Waals surface area (Å²) in [6.07, 6.45) is 4.91. The molecule has 0 unspecified atom stereocenters. The number of benzene rings is 2. The van der Waals surface area contributed by atoms with Crippen molar-refractivity contribution >= 4 is 33.0 Å². The third-order valence-corrected chi connectivity index (χ3v) is 10.00. The van der Waals surface area contributed by atoms with Crippen LogP contribution in [0.4, 0.5) is 0 Å². The largest absolute Gasteiger partial charge is 0.493 e. The number of nitrogens with zero attached hydrogens (tertiary/aromatic N) is 4. The number of amides is 1. The fourth-order valence-electron chi connectivity index (χ4n) is 5.34. The highest BCUT2D eigenvalue weighted by Gasteiger charge is 2.28. The fourth-order valence-corrected chi connectivity index (χ4v) is 6.76. The molecule has 0 aliphatic carbocycles. The monoisotopic (exact) mass is 628 g/mol. The van der Waals surface area contributed by atoms with Crippen molar-refractivity contribution < 1.29 is 22.7 Å². The Kier molecular flexibility index (Phi) is 9.53. The van der Waals surface area contributed by atoms with E-state index < -0.39 is 22.0 Å². The highest BCUT2D eigenvalue weighted by atomic mass is 32.2. The van der Waals surface area contributed by atoms with E-state index in [0.717, 1.165) is 36.3 Å². The minimum atomic E-state index is -3.59. The van der Waals surface area contributed by atoms with Gasteiger partial charge in [0.2, 0.25) is 10.0 Å². The van der Waals surface area contributed by atoms with Gasteiger partial charge in [-0.3, -0.25) is 4.79 Å². The van der Waals surface area contributed by atoms with Crippen LogP contribution in [0.1, 0.15) is 31.0 Å². The number of hydrogen-bond donors (Lipinski definition) is 2. The van der Waals surface area contributed by atoms with E-state index in [2.05, 4.69) is 27.1 Å². The molecular formula is C33H36N6O5S. The number of piperazine rings is 1. The number of pyridine rings is 1. The first-order valence-electron chi connectivity index (χ1n) is 14.6. The number of nitriles is 1. The Balaban J connectivity index is 1.35. The molecule has 11 nitrogen and oxygen atoms in total. The van der Waals surface area contributed by atoms with Gasteiger partial charge in [0.05, 0.1) is 25.2 Å². The molecule has 1 atom stereocenters. The van der Waals surface area contributed by atoms with Gasteiger partial charge in [-0.1, -0.05) is 25.1 Å². The number of ether oxygens (including phenoxy) is 2. The number of methoxy groups -OCH3 is 2. The summed E-state index contributed by atoms with van der Waals surface area (Å²) in [4.78, 5) is 23.2. The fraction of sp³-hybridized carbons (Fsp3) is 0.303. The Hall–Kier alpha value is -4.70. The second-order valence-corrected chi connectivity index (χ2v) is 12.6. The SMILES string of the molecule is CCN1CCN(S(=O)(=O)c2ccc(-c3cnc4[nH]cc(/C=C(\C#N)C(=O)N[C@H](C)c5ccc(OC)c(OC)c5)c4c3)cc2)CC1. The molecule has 1 aliphatic rings. The minimum absolute atomic E-state index is 0.0667. The normalized spacial score (nSPS) is 15.4. The predicted octanol–water partition coefficient (Wildman–Crippen LogP) is 4.36. The average molecular weight is 629 g/mol. The number of H-pyrrole nitrogens is 1. The number of fused-ring (bicyclic) bond motifs is 1. The maximum absolute atomic E-state index is 13.2. The number of carbonyl (C=O) groups excluding carboxylic acids is 1. The minimum Gasteiger partial charge on any atom is -0.493 e. The second kappa shape index (κ2) is 13.5. The van der Waals surface area contributed by atoms with Crippen molar-refractivity contribution in [3.63, 3.8) is 0 Å². The lowest BCUT2D eigenvalue weighted by molar-refractivity contribution is -0.117. The van der Waals surface area contributed by atoms with Gasteiger partial charge in [-0.2, -0.15) is 9.57 Å². The molecule has 5 rings (SSSR count). The highest BCUT2D eigenvalue weighted by Crippen LogP contribution is 2.31. The zero-order valence-electron chi connectivity index (χ0n) is 25.7. The van der Waals surface area contributed by atoms with Crippen molar-refractivity contribution in [1.29, 1.82) is 5.26 Å². The molecule has 1 amide bonds. The number of aromatic amines is 1. The Morgan fingerprint density at radius 3 is 2.42 bits per heavy atom. The van der Waals surface area contributed by atoms with Gasteiger partial charge in [0.25, 0.3) is 5.91 Å². The summed E-state index contributed by atoms with van der Waals surface area (Å²) in [6.45, 7) is 7.19. The van der Waals surface area contributed by atoms with E-state index >= 15 is 0 Å². The van der Waals surface area contributed by atoms with Gasteiger partial charge in [0.15, 0.2) is 11.5 Å². The van der Waals surface area contributed by atoms with Crippen LogP contribution in [0.3, 0.4) is 0 Å². The summed E-state index contributed by atoms with van der Waals surface area (Å²) in [5.41, 5.74) is 3.49. The summed E-state index contributed by atoms with van der Waals surface area (Å²) in [5, 5.41) is 13.4. The van der Waals surface area contributed by atoms with Gasteiger partial charge >= 0.3 is 0 Å². The van der Waals surface area contributed by atoms with Crippen LogP contribution in [0.25, 0.3) is 28.2 Å². The molecule has 45 heavy (non-hydrogen) atoms. The Morgan fingerprint density at radius 2 is 1.78 bits per heavy atom. The molecule has 1 saturated heterocycles. The first-order valence-corrected chi connectivity index (χ1v) is 16.1. The van der Waals surface area contributed by atoms with Crippen molar-refractivity contribution in [3.8, 4) is 28.7 Å². The molecule has 2 aromatic carbocycles. The van der Waals surface area contributed by atoms with E-state index in [1.54, 1.807) is 63.0 Å². The number of carbonyl (C=O) groups is 1. The molecule has 2 aromatic heterocycles. The molecule has 0 saturated carbocycles. The van der Waals surface area contributed by atoms with Crippen LogP contribution >= 0.6 is 0 Å². The molecular weight excluding hydrogens is 592 g/mol. The summed E-state index contributed by atoms with van der Waals surface area (Å²) in [6, 6.07) is 15.6. The molecule has 3 heterocycles. The lowest BCUT2D eigenvalue weighted by Gasteiger charge is -2.33. The van der Waals surface area contributed by atoms with Crippen molar-refractivity contribution in [2.75, 3.05) is 46.9 Å². The number of nitrogens with one attached hydrogen (secondary N) is 2. The lowest BCUT2D eigenvalue weighted by atomic mass is 10.0. The predicted molar refractivity (Wildman–Crippen MR) is 172 cm³/mol. The number of sulfonamides is 1. The third-order valence-electron chi connectivity index (χ3n) is 8.09. The van der Waals surface area contributed by atoms with Gasteiger partial charge in [-0.15, -0.1) is 0 Å². The van der Waals surface area contributed by atoms with Crippen LogP contribution in [-0.2, 0) is 14.8 Å². The summed E-state index contributed by atoms with van der Waals surface area (Å²) in [5.74, 6) is 0.592. The Bertz CT molecular complexity index is 1870. The average Bonchev–Trinajstić information content (AvgIpc) is 3.48. The zero-order valence-corrected chi connectivity index (χ0v) is 26.5. The van der Waals surface area contributed by atoms with E-state index in [0.29, 0.717) is 41.2 Å². The highest BCUT2D eigenvalue weighted by molar-refractivity contribution is 7.89. The standard InChI is InChI=1S/C33H36N6O5S/c1-5-38-12-14-39(15-13-38)45(41,42)28-9-6-23(7-10-28)26-17-29-27(21-36-32(29)35-20-26)16-25(19-34)33(40)37-22(2)24-8-11-30(43-3)31(18-24)44-4/h6-11,16-18,20-22H,5,12-15H2,1-4H3,(H,35,36)(H,37,40)/b25-16+/t22-/m1/s1. The van der Waals surface area contributed by atoms with Crippen LogP contribution in [-0.4, -0.2) is 80.4 Å². The molecule has 2 N–H and O–H groups in total. The number of aromatic nitrogens is 2. The van der Waals surface area contributed by atoms with E-state index in [-0.39, 0.29) is 10.5 Å². The first kappa shape index (κ1) is 31.7. The summed E-state index contributed by atoms with van der Waals surface area (Å²) in [7, 11) is -0.494. The van der Waals surface area contributed by atoms with Crippen LogP contribution < -0.4 is 14.8 Å². The number of hydrogen-bond acceptors (Lipinski definition) is 8. The van der Waals surface area contributed by atoms with Crippen molar-refractivity contribution in [2.45, 2.75) is 24.8 Å². The van der Waals surface area contributed by atoms with E-state index in [1.807, 2.05) is 25.1 Å². The van der Waals surface area contributed by atoms with E-state index in [4.69, 9.17) is 9.47 Å². The smallest absolute Gasteiger partial charge is 0.262 e. The van der Waals surface area contributed by atoms with E-state index in [1.165, 1.54) is 10.4 Å². The van der Waals surface area contributed by atoms with Crippen LogP contribution in [0.5, 0.6) is 11.5 Å². The van der Waals surface area contributed by atoms with E-state index in [9.17, 15) is 18.5 Å². The maximum Gasteiger partial charge on any atom is 0.262 e. The Labute approximate surface area is 263 Å². The van der Waals surface area contributed by atoms with Gasteiger partial charge in [0.1, 0.15) is 17.3 Å². The summed E-state index contributed by atoms with van der Waals surface area (Å²) < 4.78 is 38.6. The van der Waals surface area contributed by atoms with Crippen LogP contribution in [0.15, 0.2) is 71.4 Å². The maximum atomic E-state index is 13.2. The molecule has 4 aromatic rings. The second-order valence-electron chi connectivity index (χ2n) is 10.7. The van der Waals surface area contributed by atoms with Crippen molar-refractivity contribution in [1.82, 2.24) is 24.5 Å². The van der Waals surface area contributed by atoms with Crippen molar-refractivity contribution in [2.24, 2.45) is 0 Å². The topological polar surface area (TPSA) is 141 Å². The van der Waals surface area contributed by atoms with Crippen molar-refractivity contribution in [3.05, 3.63) is 77.6 Å².